The number of hydrogen-bond donors (Lipinski definition) is 0. The van der Waals surface area contributed by atoms with Gasteiger partial charge in [-0.25, -0.2) is 0 Å². The quantitative estimate of drug-likeness (QED) is 0.162. The summed E-state index contributed by atoms with van der Waals surface area (Å²) in [6.07, 6.45) is 0. The van der Waals surface area contributed by atoms with E-state index in [9.17, 15) is 0 Å². The second kappa shape index (κ2) is 13.2. The maximum atomic E-state index is 2.72. The van der Waals surface area contributed by atoms with Gasteiger partial charge in [0.15, 0.2) is 0 Å². The molecule has 11 aromatic rings. The summed E-state index contributed by atoms with van der Waals surface area (Å²) in [6.45, 7) is 30.4. The van der Waals surface area contributed by atoms with Crippen LogP contribution in [0.5, 0.6) is 0 Å². The number of hydrogen-bond acceptors (Lipinski definition) is 0. The van der Waals surface area contributed by atoms with Crippen LogP contribution in [0.3, 0.4) is 0 Å². The van der Waals surface area contributed by atoms with Gasteiger partial charge in [0.1, 0.15) is 0 Å². The minimum absolute atomic E-state index is 0.208. The smallest absolute Gasteiger partial charge is 0.0162 e. The highest BCUT2D eigenvalue weighted by molar-refractivity contribution is 6.20. The predicted octanol–water partition coefficient (Wildman–Crippen LogP) is 20.1. The molecule has 0 aromatic heterocycles. The van der Waals surface area contributed by atoms with Crippen LogP contribution in [0.25, 0.3) is 110 Å². The summed E-state index contributed by atoms with van der Waals surface area (Å²) in [5.41, 5.74) is 33.5. The van der Waals surface area contributed by atoms with Crippen LogP contribution in [-0.4, -0.2) is 0 Å². The molecule has 0 atom stereocenters. The Labute approximate surface area is 447 Å². The normalized spacial score (nSPS) is 18.4. The van der Waals surface area contributed by atoms with Crippen LogP contribution in [0.15, 0.2) is 158 Å². The van der Waals surface area contributed by atoms with E-state index in [0.717, 1.165) is 0 Å². The second-order valence-electron chi connectivity index (χ2n) is 27.1. The summed E-state index contributed by atoms with van der Waals surface area (Å²) >= 11 is 0. The molecule has 0 heterocycles. The highest BCUT2D eigenvalue weighted by Gasteiger charge is 2.55. The molecule has 0 bridgehead atoms. The standard InChI is InChI=1S/C76H62/c1-71(2)51-31-19-29-47-59-49-37-54-50(38-53(49)73(5,6)67(59)69-65(61(47)51)63-55(71)33-41(35-57(63)75(69,9)10)45-27-17-23-39-21-13-15-25-43(39)45)60-48-30-20-32-52-62(48)66-64-56(72(52,3)4)34-42(46-28-18-24-40-22-14-16-26-44(40)46)36-58(64)76(11,12)70(66)68(60)74(54,7)8/h13-38H,1-12H3. The molecule has 0 saturated heterocycles. The molecule has 0 nitrogen and oxygen atoms in total. The molecule has 76 heavy (non-hydrogen) atoms. The summed E-state index contributed by atoms with van der Waals surface area (Å²) in [5.74, 6) is 0. The van der Waals surface area contributed by atoms with Gasteiger partial charge in [-0.05, 0) is 213 Å². The molecule has 0 amide bonds. The maximum Gasteiger partial charge on any atom is 0.0162 e. The van der Waals surface area contributed by atoms with Crippen LogP contribution < -0.4 is 0 Å². The van der Waals surface area contributed by atoms with E-state index in [2.05, 4.69) is 241 Å². The first-order valence-electron chi connectivity index (χ1n) is 28.1. The summed E-state index contributed by atoms with van der Waals surface area (Å²) in [7, 11) is 0. The Morgan fingerprint density at radius 3 is 0.947 bits per heavy atom. The molecule has 0 radical (unpaired) electrons. The van der Waals surface area contributed by atoms with Gasteiger partial charge in [-0.15, -0.1) is 0 Å². The van der Waals surface area contributed by atoms with Crippen molar-refractivity contribution < 1.29 is 0 Å². The van der Waals surface area contributed by atoms with E-state index < -0.39 is 0 Å². The van der Waals surface area contributed by atoms with Crippen molar-refractivity contribution >= 4 is 43.1 Å². The second-order valence-corrected chi connectivity index (χ2v) is 27.1. The zero-order chi connectivity index (χ0) is 51.9. The SMILES string of the molecule is CC1(C)c2cc3c(cc2-c2c1c1c4c5c(cccc25)C(C)(C)c2cc(-c5cccc6ccccc56)cc(c2-4)C1(C)C)C(C)(C)c1c2c4c5c(cccc5c1-3)C(C)(C)c1cc(-c3cccc5ccccc35)cc(c1-4)C2(C)C. The van der Waals surface area contributed by atoms with Crippen molar-refractivity contribution in [3.8, 4) is 66.8 Å². The first-order chi connectivity index (χ1) is 36.3. The van der Waals surface area contributed by atoms with Gasteiger partial charge >= 0.3 is 0 Å². The molecule has 0 heteroatoms. The molecule has 6 aliphatic carbocycles. The average Bonchev–Trinajstić information content (AvgIpc) is 4.12. The van der Waals surface area contributed by atoms with E-state index in [0.29, 0.717) is 0 Å². The lowest BCUT2D eigenvalue weighted by Gasteiger charge is -2.36. The molecule has 366 valence electrons. The van der Waals surface area contributed by atoms with Crippen LogP contribution in [-0.2, 0) is 32.5 Å². The van der Waals surface area contributed by atoms with E-state index >= 15 is 0 Å². The Morgan fingerprint density at radius 2 is 0.539 bits per heavy atom. The van der Waals surface area contributed by atoms with Gasteiger partial charge in [-0.1, -0.05) is 204 Å². The van der Waals surface area contributed by atoms with Gasteiger partial charge in [-0.3, -0.25) is 0 Å². The lowest BCUT2D eigenvalue weighted by atomic mass is 9.66. The molecule has 11 aromatic carbocycles. The van der Waals surface area contributed by atoms with Gasteiger partial charge in [0, 0.05) is 32.5 Å². The van der Waals surface area contributed by atoms with Crippen LogP contribution >= 0.6 is 0 Å². The lowest BCUT2D eigenvalue weighted by Crippen LogP contribution is -2.25. The van der Waals surface area contributed by atoms with E-state index in [-0.39, 0.29) is 32.5 Å². The maximum absolute atomic E-state index is 2.72. The van der Waals surface area contributed by atoms with Crippen LogP contribution in [0.1, 0.15) is 150 Å². The fourth-order valence-corrected chi connectivity index (χ4v) is 17.6. The first kappa shape index (κ1) is 43.7. The van der Waals surface area contributed by atoms with Crippen LogP contribution in [0.2, 0.25) is 0 Å². The Hall–Kier alpha value is -7.54. The Kier molecular flexibility index (Phi) is 7.56. The molecular formula is C76H62. The van der Waals surface area contributed by atoms with E-state index in [1.165, 1.54) is 165 Å². The fourth-order valence-electron chi connectivity index (χ4n) is 17.6. The largest absolute Gasteiger partial charge is 0.0616 e. The number of rotatable bonds is 2. The highest BCUT2D eigenvalue weighted by atomic mass is 14.6. The van der Waals surface area contributed by atoms with Crippen molar-refractivity contribution in [1.29, 1.82) is 0 Å². The topological polar surface area (TPSA) is 0 Å². The van der Waals surface area contributed by atoms with Crippen molar-refractivity contribution in [2.24, 2.45) is 0 Å². The lowest BCUT2D eigenvalue weighted by molar-refractivity contribution is 0.598. The van der Waals surface area contributed by atoms with Gasteiger partial charge in [0.05, 0.1) is 0 Å². The zero-order valence-electron chi connectivity index (χ0n) is 46.0. The molecule has 6 aliphatic rings. The van der Waals surface area contributed by atoms with Gasteiger partial charge in [-0.2, -0.15) is 0 Å². The first-order valence-corrected chi connectivity index (χ1v) is 28.1. The summed E-state index contributed by atoms with van der Waals surface area (Å²) < 4.78 is 0. The summed E-state index contributed by atoms with van der Waals surface area (Å²) in [4.78, 5) is 0. The van der Waals surface area contributed by atoms with Crippen LogP contribution in [0.4, 0.5) is 0 Å². The van der Waals surface area contributed by atoms with Crippen molar-refractivity contribution in [2.75, 3.05) is 0 Å². The Morgan fingerprint density at radius 1 is 0.224 bits per heavy atom. The summed E-state index contributed by atoms with van der Waals surface area (Å²) in [5, 5.41) is 11.0. The fraction of sp³-hybridized carbons (Fsp3) is 0.237. The molecule has 17 rings (SSSR count). The Bertz CT molecular complexity index is 4360. The minimum atomic E-state index is -0.263. The minimum Gasteiger partial charge on any atom is -0.0616 e. The third-order valence-corrected chi connectivity index (χ3v) is 21.2. The van der Waals surface area contributed by atoms with Crippen molar-refractivity contribution in [2.45, 2.75) is 116 Å². The molecule has 0 fully saturated rings. The van der Waals surface area contributed by atoms with Gasteiger partial charge < -0.3 is 0 Å². The molecular weight excluding hydrogens is 913 g/mol. The summed E-state index contributed by atoms with van der Waals surface area (Å²) in [6, 6.07) is 61.9. The van der Waals surface area contributed by atoms with Crippen molar-refractivity contribution in [3.63, 3.8) is 0 Å². The molecule has 0 unspecified atom stereocenters. The van der Waals surface area contributed by atoms with Crippen molar-refractivity contribution in [3.05, 3.63) is 224 Å². The third kappa shape index (κ3) is 4.69. The van der Waals surface area contributed by atoms with Gasteiger partial charge in [0.2, 0.25) is 0 Å². The molecule has 0 aliphatic heterocycles. The van der Waals surface area contributed by atoms with E-state index in [1.807, 2.05) is 0 Å². The monoisotopic (exact) mass is 974 g/mol. The van der Waals surface area contributed by atoms with Crippen molar-refractivity contribution in [1.82, 2.24) is 0 Å². The average molecular weight is 975 g/mol. The molecule has 0 spiro atoms. The number of fused-ring (bicyclic) bond motifs is 12. The highest BCUT2D eigenvalue weighted by Crippen LogP contribution is 2.70. The zero-order valence-corrected chi connectivity index (χ0v) is 46.0. The molecule has 0 N–H and O–H groups in total. The Balaban J connectivity index is 0.923. The number of benzene rings is 11. The van der Waals surface area contributed by atoms with Crippen LogP contribution in [0, 0.1) is 0 Å². The predicted molar refractivity (Wildman–Crippen MR) is 322 cm³/mol. The van der Waals surface area contributed by atoms with E-state index in [4.69, 9.17) is 0 Å². The third-order valence-electron chi connectivity index (χ3n) is 21.2. The van der Waals surface area contributed by atoms with Gasteiger partial charge in [0.25, 0.3) is 0 Å². The molecule has 0 saturated carbocycles. The van der Waals surface area contributed by atoms with E-state index in [1.54, 1.807) is 11.1 Å².